The van der Waals surface area contributed by atoms with Gasteiger partial charge in [-0.05, 0) is 55.9 Å². The SMILES string of the molecule is c1ccc2c(c1)c1cn2CCCc2ccc(nn2)CCC1. The van der Waals surface area contributed by atoms with Crippen LogP contribution in [0.25, 0.3) is 10.9 Å². The molecule has 0 atom stereocenters. The van der Waals surface area contributed by atoms with E-state index in [9.17, 15) is 0 Å². The molecule has 2 aliphatic rings. The highest BCUT2D eigenvalue weighted by atomic mass is 15.1. The molecule has 3 heteroatoms. The molecule has 0 aliphatic carbocycles. The highest BCUT2D eigenvalue weighted by molar-refractivity contribution is 5.84. The Labute approximate surface area is 124 Å². The molecule has 1 aromatic carbocycles. The summed E-state index contributed by atoms with van der Waals surface area (Å²) >= 11 is 0. The molecule has 5 rings (SSSR count). The molecule has 0 amide bonds. The van der Waals surface area contributed by atoms with Gasteiger partial charge >= 0.3 is 0 Å². The van der Waals surface area contributed by atoms with Crippen LogP contribution in [-0.2, 0) is 25.8 Å². The van der Waals surface area contributed by atoms with Crippen molar-refractivity contribution in [2.45, 2.75) is 38.6 Å². The number of benzene rings is 1. The first-order valence-electron chi connectivity index (χ1n) is 7.78. The third-order valence-electron chi connectivity index (χ3n) is 4.36. The zero-order valence-corrected chi connectivity index (χ0v) is 12.1. The zero-order valence-electron chi connectivity index (χ0n) is 12.1. The predicted molar refractivity (Wildman–Crippen MR) is 84.3 cm³/mol. The minimum absolute atomic E-state index is 0.995. The number of aromatic nitrogens is 3. The third kappa shape index (κ3) is 2.44. The molecule has 0 saturated heterocycles. The van der Waals surface area contributed by atoms with E-state index >= 15 is 0 Å². The van der Waals surface area contributed by atoms with Crippen molar-refractivity contribution in [1.29, 1.82) is 0 Å². The first kappa shape index (κ1) is 12.6. The van der Waals surface area contributed by atoms with Crippen molar-refractivity contribution >= 4 is 10.9 Å². The number of nitrogens with zero attached hydrogens (tertiary/aromatic N) is 3. The fourth-order valence-corrected chi connectivity index (χ4v) is 3.25. The Morgan fingerprint density at radius 1 is 0.810 bits per heavy atom. The molecule has 0 spiro atoms. The van der Waals surface area contributed by atoms with Crippen LogP contribution in [-0.4, -0.2) is 14.8 Å². The lowest BCUT2D eigenvalue weighted by Gasteiger charge is -2.05. The van der Waals surface area contributed by atoms with Gasteiger partial charge in [-0.1, -0.05) is 18.2 Å². The smallest absolute Gasteiger partial charge is 0.0632 e. The van der Waals surface area contributed by atoms with Crippen molar-refractivity contribution in [2.24, 2.45) is 0 Å². The van der Waals surface area contributed by atoms with Crippen molar-refractivity contribution in [3.63, 3.8) is 0 Å². The Kier molecular flexibility index (Phi) is 3.18. The van der Waals surface area contributed by atoms with Gasteiger partial charge in [0.05, 0.1) is 11.4 Å². The summed E-state index contributed by atoms with van der Waals surface area (Å²) in [6, 6.07) is 13.0. The number of rotatable bonds is 0. The van der Waals surface area contributed by atoms with E-state index in [0.717, 1.165) is 50.0 Å². The number of fused-ring (bicyclic) bond motifs is 7. The maximum Gasteiger partial charge on any atom is 0.0632 e. The van der Waals surface area contributed by atoms with E-state index in [0.29, 0.717) is 0 Å². The molecular formula is C18H19N3. The first-order chi connectivity index (χ1) is 10.4. The monoisotopic (exact) mass is 277 g/mol. The standard InChI is InChI=1S/C18H19N3/c1-2-9-18-17(8-1)14-5-3-6-15-10-11-16(20-19-15)7-4-12-21(18)13-14/h1-2,8-11,13H,3-7,12H2. The maximum atomic E-state index is 4.35. The second kappa shape index (κ2) is 5.32. The van der Waals surface area contributed by atoms with Crippen molar-refractivity contribution in [1.82, 2.24) is 14.8 Å². The van der Waals surface area contributed by atoms with Crippen molar-refractivity contribution in [3.8, 4) is 0 Å². The minimum atomic E-state index is 0.995. The van der Waals surface area contributed by atoms with E-state index in [4.69, 9.17) is 0 Å². The van der Waals surface area contributed by atoms with Crippen LogP contribution >= 0.6 is 0 Å². The second-order valence-electron chi connectivity index (χ2n) is 5.84. The van der Waals surface area contributed by atoms with Gasteiger partial charge in [0.2, 0.25) is 0 Å². The Hall–Kier alpha value is -2.16. The fourth-order valence-electron chi connectivity index (χ4n) is 3.25. The summed E-state index contributed by atoms with van der Waals surface area (Å²) in [7, 11) is 0. The Balaban J connectivity index is 1.72. The van der Waals surface area contributed by atoms with Crippen LogP contribution < -0.4 is 0 Å². The molecule has 0 unspecified atom stereocenters. The molecule has 4 bridgehead atoms. The average molecular weight is 277 g/mol. The summed E-state index contributed by atoms with van der Waals surface area (Å²) in [5.41, 5.74) is 5.05. The van der Waals surface area contributed by atoms with Crippen molar-refractivity contribution < 1.29 is 0 Å². The lowest BCUT2D eigenvalue weighted by Crippen LogP contribution is -2.01. The summed E-state index contributed by atoms with van der Waals surface area (Å²) in [5, 5.41) is 10.1. The number of hydrogen-bond acceptors (Lipinski definition) is 2. The second-order valence-corrected chi connectivity index (χ2v) is 5.84. The van der Waals surface area contributed by atoms with Crippen molar-refractivity contribution in [2.75, 3.05) is 0 Å². The van der Waals surface area contributed by atoms with E-state index in [-0.39, 0.29) is 0 Å². The Bertz CT molecular complexity index is 693. The largest absolute Gasteiger partial charge is 0.347 e. The first-order valence-corrected chi connectivity index (χ1v) is 7.78. The van der Waals surface area contributed by atoms with Crippen molar-refractivity contribution in [3.05, 3.63) is 59.5 Å². The van der Waals surface area contributed by atoms with Gasteiger partial charge in [0, 0.05) is 23.6 Å². The molecule has 0 saturated carbocycles. The summed E-state index contributed by atoms with van der Waals surface area (Å²) < 4.78 is 2.41. The molecule has 2 aromatic heterocycles. The molecule has 3 nitrogen and oxygen atoms in total. The van der Waals surface area contributed by atoms with Crippen LogP contribution in [0.15, 0.2) is 42.6 Å². The van der Waals surface area contributed by atoms with Gasteiger partial charge in [0.1, 0.15) is 0 Å². The van der Waals surface area contributed by atoms with E-state index in [1.807, 2.05) is 0 Å². The predicted octanol–water partition coefficient (Wildman–Crippen LogP) is 3.55. The highest BCUT2D eigenvalue weighted by Crippen LogP contribution is 2.24. The molecule has 106 valence electrons. The molecule has 0 N–H and O–H groups in total. The number of hydrogen-bond donors (Lipinski definition) is 0. The molecule has 4 heterocycles. The summed E-state index contributed by atoms with van der Waals surface area (Å²) in [4.78, 5) is 0. The van der Waals surface area contributed by atoms with Gasteiger partial charge < -0.3 is 4.57 Å². The zero-order chi connectivity index (χ0) is 14.1. The lowest BCUT2D eigenvalue weighted by atomic mass is 10.1. The number of aryl methyl sites for hydroxylation is 4. The van der Waals surface area contributed by atoms with Gasteiger partial charge in [-0.15, -0.1) is 0 Å². The Morgan fingerprint density at radius 2 is 1.57 bits per heavy atom. The van der Waals surface area contributed by atoms with Crippen LogP contribution in [0, 0.1) is 0 Å². The lowest BCUT2D eigenvalue weighted by molar-refractivity contribution is 0.648. The van der Waals surface area contributed by atoms with Crippen LogP contribution in [0.5, 0.6) is 0 Å². The van der Waals surface area contributed by atoms with Crippen LogP contribution in [0.2, 0.25) is 0 Å². The molecule has 2 aliphatic heterocycles. The summed E-state index contributed by atoms with van der Waals surface area (Å²) in [5.74, 6) is 0. The number of para-hydroxylation sites is 1. The van der Waals surface area contributed by atoms with Crippen LogP contribution in [0.3, 0.4) is 0 Å². The summed E-state index contributed by atoms with van der Waals surface area (Å²) in [6.07, 6.45) is 7.69. The van der Waals surface area contributed by atoms with Gasteiger partial charge in [-0.3, -0.25) is 0 Å². The molecule has 3 aromatic rings. The van der Waals surface area contributed by atoms with Crippen LogP contribution in [0.4, 0.5) is 0 Å². The van der Waals surface area contributed by atoms with Gasteiger partial charge in [0.25, 0.3) is 0 Å². The Morgan fingerprint density at radius 3 is 2.38 bits per heavy atom. The maximum absolute atomic E-state index is 4.35. The average Bonchev–Trinajstić information content (AvgIpc) is 2.88. The van der Waals surface area contributed by atoms with Crippen LogP contribution in [0.1, 0.15) is 29.8 Å². The van der Waals surface area contributed by atoms with Gasteiger partial charge in [-0.25, -0.2) is 0 Å². The third-order valence-corrected chi connectivity index (χ3v) is 4.36. The van der Waals surface area contributed by atoms with E-state index in [2.05, 4.69) is 57.4 Å². The van der Waals surface area contributed by atoms with E-state index < -0.39 is 0 Å². The van der Waals surface area contributed by atoms with Gasteiger partial charge in [0.15, 0.2) is 0 Å². The highest BCUT2D eigenvalue weighted by Gasteiger charge is 2.09. The summed E-state index contributed by atoms with van der Waals surface area (Å²) in [6.45, 7) is 1.05. The van der Waals surface area contributed by atoms with E-state index in [1.165, 1.54) is 16.5 Å². The molecular weight excluding hydrogens is 258 g/mol. The topological polar surface area (TPSA) is 30.7 Å². The molecule has 21 heavy (non-hydrogen) atoms. The fraction of sp³-hybridized carbons (Fsp3) is 0.333. The normalized spacial score (nSPS) is 15.4. The molecule has 0 fully saturated rings. The van der Waals surface area contributed by atoms with E-state index in [1.54, 1.807) is 0 Å². The quantitative estimate of drug-likeness (QED) is 0.629. The van der Waals surface area contributed by atoms with Gasteiger partial charge in [-0.2, -0.15) is 10.2 Å². The minimum Gasteiger partial charge on any atom is -0.347 e. The molecule has 0 radical (unpaired) electrons.